The second-order valence-electron chi connectivity index (χ2n) is 4.98. The molecule has 1 aliphatic heterocycles. The van der Waals surface area contributed by atoms with Gasteiger partial charge in [0, 0.05) is 19.2 Å². The van der Waals surface area contributed by atoms with Gasteiger partial charge >= 0.3 is 0 Å². The Balaban J connectivity index is 2.07. The molecule has 0 unspecified atom stereocenters. The third kappa shape index (κ3) is 2.65. The topological polar surface area (TPSA) is 75.7 Å². The van der Waals surface area contributed by atoms with Crippen LogP contribution in [-0.4, -0.2) is 31.5 Å². The van der Waals surface area contributed by atoms with Gasteiger partial charge in [-0.2, -0.15) is 0 Å². The fourth-order valence-electron chi connectivity index (χ4n) is 2.45. The number of anilines is 1. The lowest BCUT2D eigenvalue weighted by Gasteiger charge is -2.20. The highest BCUT2D eigenvalue weighted by Gasteiger charge is 2.15. The summed E-state index contributed by atoms with van der Waals surface area (Å²) in [5, 5.41) is 0. The van der Waals surface area contributed by atoms with Crippen molar-refractivity contribution in [2.24, 2.45) is 0 Å². The molecule has 2 heterocycles. The normalized spacial score (nSPS) is 13.1. The van der Waals surface area contributed by atoms with Crippen LogP contribution >= 0.6 is 0 Å². The Bertz CT molecular complexity index is 739. The molecule has 0 amide bonds. The number of nitrogens with zero attached hydrogens (tertiary/aromatic N) is 1. The minimum atomic E-state index is -0.218. The van der Waals surface area contributed by atoms with Crippen molar-refractivity contribution in [3.63, 3.8) is 0 Å². The van der Waals surface area contributed by atoms with Gasteiger partial charge < -0.3 is 24.5 Å². The van der Waals surface area contributed by atoms with E-state index in [4.69, 9.17) is 19.9 Å². The fraction of sp³-hybridized carbons (Fsp3) is 0.312. The zero-order valence-electron chi connectivity index (χ0n) is 12.4. The van der Waals surface area contributed by atoms with E-state index >= 15 is 0 Å². The highest BCUT2D eigenvalue weighted by molar-refractivity contribution is 5.65. The van der Waals surface area contributed by atoms with Gasteiger partial charge in [-0.1, -0.05) is 0 Å². The van der Waals surface area contributed by atoms with Crippen molar-refractivity contribution in [1.82, 2.24) is 4.57 Å². The van der Waals surface area contributed by atoms with E-state index in [0.717, 1.165) is 17.0 Å². The summed E-state index contributed by atoms with van der Waals surface area (Å²) in [6, 6.07) is 9.09. The summed E-state index contributed by atoms with van der Waals surface area (Å²) in [5.41, 5.74) is 7.38. The minimum Gasteiger partial charge on any atom is -0.486 e. The molecule has 1 aromatic carbocycles. The van der Waals surface area contributed by atoms with Crippen LogP contribution in [0.1, 0.15) is 0 Å². The van der Waals surface area contributed by atoms with E-state index in [9.17, 15) is 4.79 Å². The van der Waals surface area contributed by atoms with Crippen LogP contribution in [0, 0.1) is 0 Å². The summed E-state index contributed by atoms with van der Waals surface area (Å²) in [7, 11) is 1.60. The molecule has 0 fully saturated rings. The van der Waals surface area contributed by atoms with Crippen LogP contribution in [0.2, 0.25) is 0 Å². The highest BCUT2D eigenvalue weighted by Crippen LogP contribution is 2.34. The number of nitrogens with two attached hydrogens (primary N) is 1. The molecule has 0 radical (unpaired) electrons. The van der Waals surface area contributed by atoms with E-state index in [1.807, 2.05) is 24.3 Å². The predicted octanol–water partition coefficient (Wildman–Crippen LogP) is 1.52. The molecular formula is C16H18N2O4. The van der Waals surface area contributed by atoms with Crippen molar-refractivity contribution < 1.29 is 14.2 Å². The van der Waals surface area contributed by atoms with Gasteiger partial charge in [-0.25, -0.2) is 0 Å². The first-order valence-electron chi connectivity index (χ1n) is 7.09. The number of aromatic nitrogens is 1. The molecule has 6 nitrogen and oxygen atoms in total. The van der Waals surface area contributed by atoms with Gasteiger partial charge in [0.25, 0.3) is 5.56 Å². The quantitative estimate of drug-likeness (QED) is 0.926. The lowest BCUT2D eigenvalue weighted by molar-refractivity contribution is 0.171. The Morgan fingerprint density at radius 1 is 1.18 bits per heavy atom. The SMILES string of the molecule is COCCn1c(-c2ccc3c(c2)OCCO3)ccc(N)c1=O. The van der Waals surface area contributed by atoms with Crippen molar-refractivity contribution in [3.8, 4) is 22.8 Å². The third-order valence-corrected chi connectivity index (χ3v) is 3.56. The summed E-state index contributed by atoms with van der Waals surface area (Å²) >= 11 is 0. The number of hydrogen-bond donors (Lipinski definition) is 1. The van der Waals surface area contributed by atoms with Crippen molar-refractivity contribution >= 4 is 5.69 Å². The van der Waals surface area contributed by atoms with Gasteiger partial charge in [0.1, 0.15) is 13.2 Å². The lowest BCUT2D eigenvalue weighted by Crippen LogP contribution is -2.26. The summed E-state index contributed by atoms with van der Waals surface area (Å²) in [5.74, 6) is 1.41. The molecule has 3 rings (SSSR count). The van der Waals surface area contributed by atoms with Crippen molar-refractivity contribution in [3.05, 3.63) is 40.7 Å². The molecule has 1 aromatic heterocycles. The van der Waals surface area contributed by atoms with Crippen LogP contribution in [0.3, 0.4) is 0 Å². The van der Waals surface area contributed by atoms with Gasteiger partial charge in [0.05, 0.1) is 18.0 Å². The number of rotatable bonds is 4. The molecular weight excluding hydrogens is 284 g/mol. The predicted molar refractivity (Wildman–Crippen MR) is 83.4 cm³/mol. The Hall–Kier alpha value is -2.47. The van der Waals surface area contributed by atoms with E-state index in [1.165, 1.54) is 0 Å². The van der Waals surface area contributed by atoms with Crippen LogP contribution in [0.25, 0.3) is 11.3 Å². The van der Waals surface area contributed by atoms with Crippen LogP contribution in [0.5, 0.6) is 11.5 Å². The first kappa shape index (κ1) is 14.5. The van der Waals surface area contributed by atoms with Gasteiger partial charge in [-0.05, 0) is 30.3 Å². The van der Waals surface area contributed by atoms with E-state index in [2.05, 4.69) is 0 Å². The average Bonchev–Trinajstić information content (AvgIpc) is 2.55. The number of ether oxygens (including phenoxy) is 3. The molecule has 0 spiro atoms. The van der Waals surface area contributed by atoms with E-state index in [0.29, 0.717) is 32.1 Å². The molecule has 0 atom stereocenters. The van der Waals surface area contributed by atoms with Gasteiger partial charge in [-0.15, -0.1) is 0 Å². The molecule has 1 aliphatic rings. The summed E-state index contributed by atoms with van der Waals surface area (Å²) in [4.78, 5) is 12.3. The monoisotopic (exact) mass is 302 g/mol. The molecule has 2 aromatic rings. The van der Waals surface area contributed by atoms with E-state index < -0.39 is 0 Å². The summed E-state index contributed by atoms with van der Waals surface area (Å²) in [6.45, 7) is 1.94. The molecule has 2 N–H and O–H groups in total. The lowest BCUT2D eigenvalue weighted by atomic mass is 10.1. The molecule has 0 saturated carbocycles. The number of fused-ring (bicyclic) bond motifs is 1. The number of hydrogen-bond acceptors (Lipinski definition) is 5. The average molecular weight is 302 g/mol. The van der Waals surface area contributed by atoms with E-state index in [1.54, 1.807) is 17.7 Å². The second kappa shape index (κ2) is 6.11. The maximum atomic E-state index is 12.3. The first-order chi connectivity index (χ1) is 10.7. The molecule has 0 saturated heterocycles. The molecule has 0 aliphatic carbocycles. The first-order valence-corrected chi connectivity index (χ1v) is 7.09. The molecule has 0 bridgehead atoms. The maximum Gasteiger partial charge on any atom is 0.274 e. The summed E-state index contributed by atoms with van der Waals surface area (Å²) in [6.07, 6.45) is 0. The van der Waals surface area contributed by atoms with Crippen LogP contribution < -0.4 is 20.8 Å². The van der Waals surface area contributed by atoms with Gasteiger partial charge in [-0.3, -0.25) is 4.79 Å². The Morgan fingerprint density at radius 3 is 2.73 bits per heavy atom. The second-order valence-corrected chi connectivity index (χ2v) is 4.98. The van der Waals surface area contributed by atoms with Crippen molar-refractivity contribution in [2.45, 2.75) is 6.54 Å². The molecule has 116 valence electrons. The largest absolute Gasteiger partial charge is 0.486 e. The smallest absolute Gasteiger partial charge is 0.274 e. The standard InChI is InChI=1S/C16H18N2O4/c1-20-7-6-18-13(4-3-12(17)16(18)19)11-2-5-14-15(10-11)22-9-8-21-14/h2-5,10H,6-9,17H2,1H3. The van der Waals surface area contributed by atoms with Crippen LogP contribution in [0.4, 0.5) is 5.69 Å². The summed E-state index contributed by atoms with van der Waals surface area (Å²) < 4.78 is 17.8. The fourth-order valence-corrected chi connectivity index (χ4v) is 2.45. The van der Waals surface area contributed by atoms with Gasteiger partial charge in [0.15, 0.2) is 11.5 Å². The highest BCUT2D eigenvalue weighted by atomic mass is 16.6. The molecule has 22 heavy (non-hydrogen) atoms. The zero-order chi connectivity index (χ0) is 15.5. The van der Waals surface area contributed by atoms with Crippen molar-refractivity contribution in [2.75, 3.05) is 32.7 Å². The van der Waals surface area contributed by atoms with E-state index in [-0.39, 0.29) is 11.2 Å². The number of pyridine rings is 1. The van der Waals surface area contributed by atoms with Gasteiger partial charge in [0.2, 0.25) is 0 Å². The minimum absolute atomic E-state index is 0.218. The zero-order valence-corrected chi connectivity index (χ0v) is 12.4. The van der Waals surface area contributed by atoms with Crippen LogP contribution in [0.15, 0.2) is 35.1 Å². The Labute approximate surface area is 128 Å². The Kier molecular flexibility index (Phi) is 4.02. The number of methoxy groups -OCH3 is 1. The van der Waals surface area contributed by atoms with Crippen LogP contribution in [-0.2, 0) is 11.3 Å². The number of nitrogen functional groups attached to an aromatic ring is 1. The Morgan fingerprint density at radius 2 is 1.95 bits per heavy atom. The third-order valence-electron chi connectivity index (χ3n) is 3.56. The molecule has 6 heteroatoms. The maximum absolute atomic E-state index is 12.3. The number of benzene rings is 1. The van der Waals surface area contributed by atoms with Crippen molar-refractivity contribution in [1.29, 1.82) is 0 Å².